The Kier molecular flexibility index (Phi) is 7.10. The molecule has 0 aliphatic heterocycles. The van der Waals surface area contributed by atoms with Gasteiger partial charge in [-0.3, -0.25) is 25.2 Å². The van der Waals surface area contributed by atoms with Gasteiger partial charge in [-0.2, -0.15) is 0 Å². The van der Waals surface area contributed by atoms with Crippen molar-refractivity contribution in [1.82, 2.24) is 10.9 Å². The van der Waals surface area contributed by atoms with E-state index in [9.17, 15) is 14.4 Å². The van der Waals surface area contributed by atoms with Crippen LogP contribution >= 0.6 is 11.3 Å². The highest BCUT2D eigenvalue weighted by atomic mass is 32.1. The van der Waals surface area contributed by atoms with E-state index < -0.39 is 5.91 Å². The summed E-state index contributed by atoms with van der Waals surface area (Å²) in [6.07, 6.45) is 4.89. The van der Waals surface area contributed by atoms with E-state index in [0.29, 0.717) is 21.9 Å². The minimum Gasteiger partial charge on any atom is -0.491 e. The van der Waals surface area contributed by atoms with Crippen LogP contribution in [0.15, 0.2) is 24.3 Å². The normalized spacial score (nSPS) is 13.2. The van der Waals surface area contributed by atoms with Crippen LogP contribution in [0.1, 0.15) is 71.2 Å². The summed E-state index contributed by atoms with van der Waals surface area (Å²) in [7, 11) is 0. The lowest BCUT2D eigenvalue weighted by Crippen LogP contribution is -2.40. The van der Waals surface area contributed by atoms with Gasteiger partial charge in [0.1, 0.15) is 10.8 Å². The van der Waals surface area contributed by atoms with Gasteiger partial charge in [0.2, 0.25) is 5.91 Å². The van der Waals surface area contributed by atoms with Gasteiger partial charge in [0.15, 0.2) is 0 Å². The van der Waals surface area contributed by atoms with E-state index in [1.165, 1.54) is 18.3 Å². The van der Waals surface area contributed by atoms with E-state index in [4.69, 9.17) is 4.74 Å². The molecule has 1 heterocycles. The fraction of sp³-hybridized carbons (Fsp3) is 0.409. The average molecular weight is 430 g/mol. The summed E-state index contributed by atoms with van der Waals surface area (Å²) in [5.41, 5.74) is 6.65. The molecule has 0 unspecified atom stereocenters. The number of hydrogen-bond donors (Lipinski definition) is 3. The highest BCUT2D eigenvalue weighted by molar-refractivity contribution is 7.17. The molecular formula is C22H27N3O4S. The molecule has 1 aromatic carbocycles. The highest BCUT2D eigenvalue weighted by Crippen LogP contribution is 2.37. The molecule has 0 atom stereocenters. The van der Waals surface area contributed by atoms with Gasteiger partial charge in [-0.1, -0.05) is 6.42 Å². The van der Waals surface area contributed by atoms with Crippen molar-refractivity contribution in [3.63, 3.8) is 0 Å². The number of thiophene rings is 1. The number of hydrogen-bond acceptors (Lipinski definition) is 5. The molecule has 0 fully saturated rings. The van der Waals surface area contributed by atoms with E-state index in [-0.39, 0.29) is 17.9 Å². The van der Waals surface area contributed by atoms with Crippen molar-refractivity contribution in [2.75, 3.05) is 5.32 Å². The van der Waals surface area contributed by atoms with Crippen LogP contribution in [-0.4, -0.2) is 23.8 Å². The molecule has 0 saturated heterocycles. The SMILES string of the molecule is CC(=O)NNC(=O)c1c(NC(=O)c2ccc(OC(C)C)cc2)sc2c1CCCCC2. The molecule has 1 aliphatic rings. The second-order valence-electron chi connectivity index (χ2n) is 7.55. The topological polar surface area (TPSA) is 96.5 Å². The monoisotopic (exact) mass is 429 g/mol. The van der Waals surface area contributed by atoms with Crippen LogP contribution in [-0.2, 0) is 17.6 Å². The number of aryl methyl sites for hydroxylation is 1. The predicted octanol–water partition coefficient (Wildman–Crippen LogP) is 3.84. The zero-order valence-electron chi connectivity index (χ0n) is 17.5. The second-order valence-corrected chi connectivity index (χ2v) is 8.65. The maximum absolute atomic E-state index is 12.8. The third kappa shape index (κ3) is 5.38. The van der Waals surface area contributed by atoms with Crippen LogP contribution in [0.4, 0.5) is 5.00 Å². The van der Waals surface area contributed by atoms with Gasteiger partial charge in [-0.15, -0.1) is 11.3 Å². The minimum absolute atomic E-state index is 0.0517. The van der Waals surface area contributed by atoms with Crippen molar-refractivity contribution in [1.29, 1.82) is 0 Å². The largest absolute Gasteiger partial charge is 0.491 e. The van der Waals surface area contributed by atoms with Crippen molar-refractivity contribution in [2.24, 2.45) is 0 Å². The molecule has 1 aliphatic carbocycles. The first-order chi connectivity index (χ1) is 14.3. The van der Waals surface area contributed by atoms with E-state index in [1.807, 2.05) is 13.8 Å². The number of carbonyl (C=O) groups is 3. The highest BCUT2D eigenvalue weighted by Gasteiger charge is 2.26. The number of benzene rings is 1. The number of carbonyl (C=O) groups excluding carboxylic acids is 3. The standard InChI is InChI=1S/C22H27N3O4S/c1-13(2)29-16-11-9-15(10-12-16)20(27)23-22-19(21(28)25-24-14(3)26)17-7-5-4-6-8-18(17)30-22/h9-13H,4-8H2,1-3H3,(H,23,27)(H,24,26)(H,25,28). The molecule has 3 rings (SSSR count). The quantitative estimate of drug-likeness (QED) is 0.497. The van der Waals surface area contributed by atoms with Gasteiger partial charge in [0.25, 0.3) is 11.8 Å². The Morgan fingerprint density at radius 2 is 1.67 bits per heavy atom. The van der Waals surface area contributed by atoms with Crippen LogP contribution in [0.3, 0.4) is 0 Å². The molecule has 0 saturated carbocycles. The Balaban J connectivity index is 1.84. The molecule has 1 aromatic heterocycles. The lowest BCUT2D eigenvalue weighted by atomic mass is 10.0. The molecule has 7 nitrogen and oxygen atoms in total. The third-order valence-corrected chi connectivity index (χ3v) is 5.92. The number of anilines is 1. The minimum atomic E-state index is -0.416. The Morgan fingerprint density at radius 3 is 2.33 bits per heavy atom. The van der Waals surface area contributed by atoms with E-state index >= 15 is 0 Å². The molecule has 2 aromatic rings. The Bertz CT molecular complexity index is 935. The zero-order chi connectivity index (χ0) is 21.7. The average Bonchev–Trinajstić information content (AvgIpc) is 2.87. The number of amides is 3. The lowest BCUT2D eigenvalue weighted by Gasteiger charge is -2.11. The fourth-order valence-electron chi connectivity index (χ4n) is 3.41. The van der Waals surface area contributed by atoms with Gasteiger partial charge in [0.05, 0.1) is 11.7 Å². The van der Waals surface area contributed by atoms with Gasteiger partial charge < -0.3 is 10.1 Å². The predicted molar refractivity (Wildman–Crippen MR) is 117 cm³/mol. The van der Waals surface area contributed by atoms with Gasteiger partial charge >= 0.3 is 0 Å². The number of nitrogens with one attached hydrogen (secondary N) is 3. The van der Waals surface area contributed by atoms with Gasteiger partial charge in [-0.05, 0) is 69.4 Å². The first kappa shape index (κ1) is 21.8. The molecule has 8 heteroatoms. The summed E-state index contributed by atoms with van der Waals surface area (Å²) in [6, 6.07) is 6.90. The first-order valence-electron chi connectivity index (χ1n) is 10.1. The molecule has 3 amide bonds. The molecule has 0 bridgehead atoms. The van der Waals surface area contributed by atoms with Crippen molar-refractivity contribution in [2.45, 2.75) is 59.0 Å². The van der Waals surface area contributed by atoms with Crippen LogP contribution < -0.4 is 20.9 Å². The second kappa shape index (κ2) is 9.75. The molecule has 30 heavy (non-hydrogen) atoms. The molecule has 160 valence electrons. The number of fused-ring (bicyclic) bond motifs is 1. The number of ether oxygens (including phenoxy) is 1. The summed E-state index contributed by atoms with van der Waals surface area (Å²) >= 11 is 1.44. The van der Waals surface area contributed by atoms with E-state index in [0.717, 1.165) is 42.5 Å². The summed E-state index contributed by atoms with van der Waals surface area (Å²) in [5, 5.41) is 3.41. The maximum atomic E-state index is 12.8. The summed E-state index contributed by atoms with van der Waals surface area (Å²) in [6.45, 7) is 5.20. The Labute approximate surface area is 180 Å². The van der Waals surface area contributed by atoms with E-state index in [1.54, 1.807) is 24.3 Å². The fourth-order valence-corrected chi connectivity index (χ4v) is 4.69. The van der Waals surface area contributed by atoms with Crippen LogP contribution in [0.5, 0.6) is 5.75 Å². The van der Waals surface area contributed by atoms with Crippen molar-refractivity contribution in [3.8, 4) is 5.75 Å². The molecule has 3 N–H and O–H groups in total. The molecule has 0 spiro atoms. The first-order valence-corrected chi connectivity index (χ1v) is 11.0. The van der Waals surface area contributed by atoms with Crippen LogP contribution in [0, 0.1) is 0 Å². The Hall–Kier alpha value is -2.87. The lowest BCUT2D eigenvalue weighted by molar-refractivity contribution is -0.119. The van der Waals surface area contributed by atoms with Gasteiger partial charge in [-0.25, -0.2) is 0 Å². The van der Waals surface area contributed by atoms with Gasteiger partial charge in [0, 0.05) is 17.4 Å². The summed E-state index contributed by atoms with van der Waals surface area (Å²) in [4.78, 5) is 37.9. The zero-order valence-corrected chi connectivity index (χ0v) is 18.3. The third-order valence-electron chi connectivity index (χ3n) is 4.72. The van der Waals surface area contributed by atoms with Crippen LogP contribution in [0.2, 0.25) is 0 Å². The maximum Gasteiger partial charge on any atom is 0.272 e. The van der Waals surface area contributed by atoms with Crippen molar-refractivity contribution >= 4 is 34.1 Å². The molecular weight excluding hydrogens is 402 g/mol. The van der Waals surface area contributed by atoms with Crippen molar-refractivity contribution in [3.05, 3.63) is 45.8 Å². The summed E-state index contributed by atoms with van der Waals surface area (Å²) in [5.74, 6) is -0.379. The van der Waals surface area contributed by atoms with Crippen LogP contribution in [0.25, 0.3) is 0 Å². The molecule has 0 radical (unpaired) electrons. The number of rotatable bonds is 5. The van der Waals surface area contributed by atoms with Crippen molar-refractivity contribution < 1.29 is 19.1 Å². The smallest absolute Gasteiger partial charge is 0.272 e. The van der Waals surface area contributed by atoms with E-state index in [2.05, 4.69) is 16.2 Å². The number of hydrazine groups is 1. The summed E-state index contributed by atoms with van der Waals surface area (Å²) < 4.78 is 5.61. The Morgan fingerprint density at radius 1 is 0.967 bits per heavy atom.